The third kappa shape index (κ3) is 3.15. The zero-order chi connectivity index (χ0) is 13.8. The number of hydrogen-bond acceptors (Lipinski definition) is 4. The van der Waals surface area contributed by atoms with Gasteiger partial charge in [-0.15, -0.1) is 0 Å². The van der Waals surface area contributed by atoms with Gasteiger partial charge in [-0.05, 0) is 6.92 Å². The van der Waals surface area contributed by atoms with Crippen LogP contribution < -0.4 is 15.8 Å². The molecular formula is C13H17FN4O. The lowest BCUT2D eigenvalue weighted by atomic mass is 10.2. The van der Waals surface area contributed by atoms with Crippen LogP contribution in [-0.2, 0) is 6.54 Å². The topological polar surface area (TPSA) is 65.1 Å². The second-order valence-corrected chi connectivity index (χ2v) is 4.38. The number of rotatable bonds is 5. The van der Waals surface area contributed by atoms with Crippen LogP contribution in [0.1, 0.15) is 6.92 Å². The Morgan fingerprint density at radius 3 is 2.95 bits per heavy atom. The first-order valence-electron chi connectivity index (χ1n) is 5.95. The van der Waals surface area contributed by atoms with Crippen LogP contribution in [0.2, 0.25) is 0 Å². The number of halogens is 1. The van der Waals surface area contributed by atoms with Crippen molar-refractivity contribution in [3.8, 4) is 5.75 Å². The maximum absolute atomic E-state index is 13.8. The minimum atomic E-state index is -0.393. The molecule has 2 rings (SSSR count). The number of nitrogens with one attached hydrogen (secondary N) is 1. The molecule has 1 heterocycles. The van der Waals surface area contributed by atoms with E-state index >= 15 is 0 Å². The normalized spacial score (nSPS) is 12.2. The highest BCUT2D eigenvalue weighted by molar-refractivity contribution is 5.62. The Bertz CT molecular complexity index is 542. The molecule has 1 unspecified atom stereocenters. The molecule has 0 bridgehead atoms. The van der Waals surface area contributed by atoms with E-state index in [-0.39, 0.29) is 11.7 Å². The fourth-order valence-electron chi connectivity index (χ4n) is 1.88. The van der Waals surface area contributed by atoms with Crippen molar-refractivity contribution in [2.75, 3.05) is 18.2 Å². The summed E-state index contributed by atoms with van der Waals surface area (Å²) in [7, 11) is 1.50. The van der Waals surface area contributed by atoms with E-state index in [1.54, 1.807) is 18.6 Å². The van der Waals surface area contributed by atoms with Gasteiger partial charge in [0.15, 0.2) is 0 Å². The summed E-state index contributed by atoms with van der Waals surface area (Å²) < 4.78 is 20.8. The van der Waals surface area contributed by atoms with Gasteiger partial charge in [-0.25, -0.2) is 9.37 Å². The van der Waals surface area contributed by atoms with Gasteiger partial charge in [0.05, 0.1) is 24.8 Å². The second-order valence-electron chi connectivity index (χ2n) is 4.38. The number of benzene rings is 1. The molecule has 0 radical (unpaired) electrons. The Morgan fingerprint density at radius 2 is 2.32 bits per heavy atom. The molecule has 1 aromatic heterocycles. The number of aromatic nitrogens is 2. The van der Waals surface area contributed by atoms with Crippen molar-refractivity contribution < 1.29 is 9.13 Å². The molecule has 2 aromatic rings. The van der Waals surface area contributed by atoms with Crippen LogP contribution in [0.15, 0.2) is 30.9 Å². The van der Waals surface area contributed by atoms with E-state index in [2.05, 4.69) is 10.3 Å². The van der Waals surface area contributed by atoms with E-state index in [1.165, 1.54) is 13.2 Å². The van der Waals surface area contributed by atoms with Gasteiger partial charge in [0.25, 0.3) is 0 Å². The second kappa shape index (κ2) is 5.60. The minimum absolute atomic E-state index is 0.0389. The molecule has 6 heteroatoms. The summed E-state index contributed by atoms with van der Waals surface area (Å²) in [6.07, 6.45) is 5.29. The van der Waals surface area contributed by atoms with Crippen molar-refractivity contribution in [2.24, 2.45) is 0 Å². The van der Waals surface area contributed by atoms with Gasteiger partial charge in [-0.2, -0.15) is 0 Å². The first-order valence-corrected chi connectivity index (χ1v) is 5.95. The number of methoxy groups -OCH3 is 1. The molecule has 1 aromatic carbocycles. The van der Waals surface area contributed by atoms with Crippen molar-refractivity contribution in [1.29, 1.82) is 0 Å². The van der Waals surface area contributed by atoms with Crippen molar-refractivity contribution in [3.05, 3.63) is 36.7 Å². The summed E-state index contributed by atoms with van der Waals surface area (Å²) in [6.45, 7) is 2.65. The Labute approximate surface area is 111 Å². The molecule has 0 aliphatic rings. The van der Waals surface area contributed by atoms with Crippen LogP contribution in [0.5, 0.6) is 5.75 Å². The van der Waals surface area contributed by atoms with Gasteiger partial charge in [0.2, 0.25) is 0 Å². The Morgan fingerprint density at radius 1 is 1.53 bits per heavy atom. The molecule has 0 amide bonds. The smallest absolute Gasteiger partial charge is 0.148 e. The van der Waals surface area contributed by atoms with E-state index in [1.807, 2.05) is 17.7 Å². The molecule has 1 atom stereocenters. The van der Waals surface area contributed by atoms with Crippen LogP contribution in [0, 0.1) is 5.82 Å². The van der Waals surface area contributed by atoms with Crippen LogP contribution >= 0.6 is 0 Å². The van der Waals surface area contributed by atoms with Gasteiger partial charge in [-0.3, -0.25) is 0 Å². The Balaban J connectivity index is 2.09. The molecule has 0 aliphatic carbocycles. The summed E-state index contributed by atoms with van der Waals surface area (Å²) in [5.74, 6) is 0.0644. The largest absolute Gasteiger partial charge is 0.495 e. The van der Waals surface area contributed by atoms with Crippen LogP contribution in [-0.4, -0.2) is 22.7 Å². The molecule has 0 saturated carbocycles. The highest BCUT2D eigenvalue weighted by Gasteiger charge is 2.11. The number of hydrogen-bond donors (Lipinski definition) is 2. The first-order chi connectivity index (χ1) is 9.10. The molecule has 5 nitrogen and oxygen atoms in total. The highest BCUT2D eigenvalue weighted by Crippen LogP contribution is 2.28. The van der Waals surface area contributed by atoms with Gasteiger partial charge in [-0.1, -0.05) is 0 Å². The third-order valence-electron chi connectivity index (χ3n) is 2.77. The molecule has 102 valence electrons. The average molecular weight is 264 g/mol. The van der Waals surface area contributed by atoms with Gasteiger partial charge in [0.1, 0.15) is 11.6 Å². The lowest BCUT2D eigenvalue weighted by Crippen LogP contribution is -2.22. The Kier molecular flexibility index (Phi) is 3.89. The minimum Gasteiger partial charge on any atom is -0.495 e. The van der Waals surface area contributed by atoms with E-state index in [9.17, 15) is 4.39 Å². The van der Waals surface area contributed by atoms with Crippen LogP contribution in [0.3, 0.4) is 0 Å². The highest BCUT2D eigenvalue weighted by atomic mass is 19.1. The average Bonchev–Trinajstić information content (AvgIpc) is 2.85. The fourth-order valence-corrected chi connectivity index (χ4v) is 1.88. The maximum atomic E-state index is 13.8. The fraction of sp³-hybridized carbons (Fsp3) is 0.308. The molecule has 0 fully saturated rings. The molecule has 0 aliphatic heterocycles. The zero-order valence-electron chi connectivity index (χ0n) is 10.9. The monoisotopic (exact) mass is 264 g/mol. The third-order valence-corrected chi connectivity index (χ3v) is 2.77. The van der Waals surface area contributed by atoms with E-state index in [0.717, 1.165) is 0 Å². The zero-order valence-corrected chi connectivity index (χ0v) is 10.9. The van der Waals surface area contributed by atoms with Crippen LogP contribution in [0.4, 0.5) is 15.8 Å². The summed E-state index contributed by atoms with van der Waals surface area (Å²) in [5, 5.41) is 3.09. The summed E-state index contributed by atoms with van der Waals surface area (Å²) in [5.41, 5.74) is 6.29. The lowest BCUT2D eigenvalue weighted by molar-refractivity contribution is 0.416. The number of nitrogens with zero attached hydrogens (tertiary/aromatic N) is 2. The number of nitrogens with two attached hydrogens (primary N) is 1. The number of ether oxygens (including phenoxy) is 1. The predicted molar refractivity (Wildman–Crippen MR) is 72.7 cm³/mol. The molecule has 0 saturated heterocycles. The Hall–Kier alpha value is -2.24. The predicted octanol–water partition coefficient (Wildman–Crippen LogP) is 2.11. The molecular weight excluding hydrogens is 247 g/mol. The first kappa shape index (κ1) is 13.2. The quantitative estimate of drug-likeness (QED) is 0.812. The number of nitrogen functional groups attached to an aromatic ring is 1. The number of anilines is 2. The van der Waals surface area contributed by atoms with Crippen LogP contribution in [0.25, 0.3) is 0 Å². The van der Waals surface area contributed by atoms with Gasteiger partial charge < -0.3 is 20.4 Å². The van der Waals surface area contributed by atoms with Crippen molar-refractivity contribution in [3.63, 3.8) is 0 Å². The lowest BCUT2D eigenvalue weighted by Gasteiger charge is -2.17. The molecule has 0 spiro atoms. The molecule has 3 N–H and O–H groups in total. The van der Waals surface area contributed by atoms with E-state index in [0.29, 0.717) is 18.0 Å². The van der Waals surface area contributed by atoms with Crippen molar-refractivity contribution in [1.82, 2.24) is 9.55 Å². The van der Waals surface area contributed by atoms with Gasteiger partial charge in [0, 0.05) is 37.1 Å². The van der Waals surface area contributed by atoms with Crippen molar-refractivity contribution in [2.45, 2.75) is 19.5 Å². The summed E-state index contributed by atoms with van der Waals surface area (Å²) >= 11 is 0. The summed E-state index contributed by atoms with van der Waals surface area (Å²) in [4.78, 5) is 3.96. The standard InChI is InChI=1S/C13H17FN4O/c1-9(7-18-4-3-16-8-18)17-12-6-13(19-2)11(15)5-10(12)14/h3-6,8-9,17H,7,15H2,1-2H3. The summed E-state index contributed by atoms with van der Waals surface area (Å²) in [6, 6.07) is 2.86. The number of imidazole rings is 1. The van der Waals surface area contributed by atoms with Crippen molar-refractivity contribution >= 4 is 11.4 Å². The van der Waals surface area contributed by atoms with Gasteiger partial charge >= 0.3 is 0 Å². The molecule has 19 heavy (non-hydrogen) atoms. The SMILES string of the molecule is COc1cc(NC(C)Cn2ccnc2)c(F)cc1N. The van der Waals surface area contributed by atoms with E-state index in [4.69, 9.17) is 10.5 Å². The maximum Gasteiger partial charge on any atom is 0.148 e. The van der Waals surface area contributed by atoms with E-state index < -0.39 is 5.82 Å².